The summed E-state index contributed by atoms with van der Waals surface area (Å²) in [5.74, 6) is -0.756. The van der Waals surface area contributed by atoms with Crippen molar-refractivity contribution < 1.29 is 25.2 Å². The van der Waals surface area contributed by atoms with E-state index in [0.717, 1.165) is 38.5 Å². The maximum atomic E-state index is 11.2. The summed E-state index contributed by atoms with van der Waals surface area (Å²) in [4.78, 5) is 11.2. The molecule has 0 saturated heterocycles. The monoisotopic (exact) mass is 380 g/mol. The minimum Gasteiger partial charge on any atom is -0.481 e. The molecule has 0 bridgehead atoms. The van der Waals surface area contributed by atoms with Crippen molar-refractivity contribution >= 4 is 5.97 Å². The van der Waals surface area contributed by atoms with Gasteiger partial charge in [-0.15, -0.1) is 0 Å². The quantitative estimate of drug-likeness (QED) is 0.326. The van der Waals surface area contributed by atoms with Crippen LogP contribution in [0.3, 0.4) is 0 Å². The number of unbranched alkanes of at least 4 members (excludes halogenated alkanes) is 2. The zero-order valence-corrected chi connectivity index (χ0v) is 16.6. The molecule has 154 valence electrons. The third-order valence-electron chi connectivity index (χ3n) is 6.47. The average Bonchev–Trinajstić information content (AvgIpc) is 3.20. The standard InChI is InChI=1S/C22H36O5/c1-3-4-5-9-16(23)11-12-18-17(19(24)13-20(18)25)10-7-6-8-15-14-22(15,2)21(26)27/h6-7,11-12,15-20,23-25H,3-5,8-10,13-14H2,1-2H3,(H,26,27)/t15-,16-,17-,18-,19+,20-,22-/m1/s1. The van der Waals surface area contributed by atoms with Crippen molar-refractivity contribution in [2.24, 2.45) is 23.2 Å². The molecule has 0 radical (unpaired) electrons. The Balaban J connectivity index is 1.82. The molecule has 0 spiro atoms. The highest BCUT2D eigenvalue weighted by Crippen LogP contribution is 2.54. The summed E-state index contributed by atoms with van der Waals surface area (Å²) in [6, 6.07) is 0. The second kappa shape index (κ2) is 9.85. The van der Waals surface area contributed by atoms with Gasteiger partial charge < -0.3 is 20.4 Å². The van der Waals surface area contributed by atoms with Gasteiger partial charge in [-0.25, -0.2) is 0 Å². The van der Waals surface area contributed by atoms with Gasteiger partial charge in [0, 0.05) is 12.3 Å². The van der Waals surface area contributed by atoms with E-state index in [1.54, 1.807) is 13.0 Å². The topological polar surface area (TPSA) is 98.0 Å². The molecule has 0 unspecified atom stereocenters. The third-order valence-corrected chi connectivity index (χ3v) is 6.47. The number of aliphatic hydroxyl groups is 3. The van der Waals surface area contributed by atoms with E-state index in [4.69, 9.17) is 5.11 Å². The minimum absolute atomic E-state index is 0.0691. The molecule has 2 saturated carbocycles. The minimum atomic E-state index is -0.724. The number of hydrogen-bond donors (Lipinski definition) is 4. The zero-order chi connectivity index (χ0) is 20.0. The molecular weight excluding hydrogens is 344 g/mol. The second-order valence-electron chi connectivity index (χ2n) is 8.63. The van der Waals surface area contributed by atoms with Crippen molar-refractivity contribution in [2.45, 2.75) is 83.5 Å². The lowest BCUT2D eigenvalue weighted by molar-refractivity contribution is -0.143. The number of aliphatic hydroxyl groups excluding tert-OH is 3. The largest absolute Gasteiger partial charge is 0.481 e. The fourth-order valence-corrected chi connectivity index (χ4v) is 4.23. The van der Waals surface area contributed by atoms with Crippen LogP contribution in [0.4, 0.5) is 0 Å². The SMILES string of the molecule is CCCCC[C@@H](O)C=C[C@@H]1[C@@H](CC=CC[C@@H]2C[C@@]2(C)C(=O)O)[C@@H](O)C[C@H]1O. The first kappa shape index (κ1) is 22.1. The van der Waals surface area contributed by atoms with Crippen molar-refractivity contribution in [2.75, 3.05) is 0 Å². The number of allylic oxidation sites excluding steroid dienone is 2. The van der Waals surface area contributed by atoms with Crippen LogP contribution < -0.4 is 0 Å². The van der Waals surface area contributed by atoms with Crippen molar-refractivity contribution in [1.29, 1.82) is 0 Å². The van der Waals surface area contributed by atoms with E-state index < -0.39 is 29.7 Å². The van der Waals surface area contributed by atoms with Crippen LogP contribution in [0.25, 0.3) is 0 Å². The van der Waals surface area contributed by atoms with Gasteiger partial charge in [-0.3, -0.25) is 4.79 Å². The Morgan fingerprint density at radius 2 is 1.89 bits per heavy atom. The van der Waals surface area contributed by atoms with Crippen molar-refractivity contribution in [3.63, 3.8) is 0 Å². The van der Waals surface area contributed by atoms with Crippen molar-refractivity contribution in [3.8, 4) is 0 Å². The van der Waals surface area contributed by atoms with E-state index >= 15 is 0 Å². The van der Waals surface area contributed by atoms with E-state index in [1.807, 2.05) is 18.2 Å². The Labute approximate surface area is 162 Å². The van der Waals surface area contributed by atoms with Crippen LogP contribution in [0.15, 0.2) is 24.3 Å². The predicted molar refractivity (Wildman–Crippen MR) is 105 cm³/mol. The molecule has 7 atom stereocenters. The fraction of sp³-hybridized carbons (Fsp3) is 0.773. The molecule has 27 heavy (non-hydrogen) atoms. The van der Waals surface area contributed by atoms with Gasteiger partial charge in [0.2, 0.25) is 0 Å². The Hall–Kier alpha value is -1.17. The van der Waals surface area contributed by atoms with Gasteiger partial charge in [0.1, 0.15) is 0 Å². The number of carbonyl (C=O) groups is 1. The lowest BCUT2D eigenvalue weighted by Crippen LogP contribution is -2.20. The van der Waals surface area contributed by atoms with Crippen LogP contribution in [-0.4, -0.2) is 44.7 Å². The van der Waals surface area contributed by atoms with Crippen LogP contribution >= 0.6 is 0 Å². The van der Waals surface area contributed by atoms with Crippen LogP contribution in [0, 0.1) is 23.2 Å². The van der Waals surface area contributed by atoms with Crippen LogP contribution in [0.5, 0.6) is 0 Å². The van der Waals surface area contributed by atoms with E-state index in [-0.39, 0.29) is 17.8 Å². The molecule has 2 fully saturated rings. The van der Waals surface area contributed by atoms with Gasteiger partial charge in [-0.05, 0) is 44.4 Å². The molecule has 0 aromatic carbocycles. The van der Waals surface area contributed by atoms with Crippen LogP contribution in [0.1, 0.15) is 65.2 Å². The molecule has 5 heteroatoms. The highest BCUT2D eigenvalue weighted by atomic mass is 16.4. The van der Waals surface area contributed by atoms with Crippen LogP contribution in [-0.2, 0) is 4.79 Å². The normalized spacial score (nSPS) is 37.3. The van der Waals surface area contributed by atoms with E-state index in [9.17, 15) is 20.1 Å². The number of aliphatic carboxylic acids is 1. The molecule has 0 amide bonds. The molecule has 2 rings (SSSR count). The summed E-state index contributed by atoms with van der Waals surface area (Å²) in [7, 11) is 0. The summed E-state index contributed by atoms with van der Waals surface area (Å²) in [5, 5.41) is 39.8. The average molecular weight is 381 g/mol. The maximum absolute atomic E-state index is 11.2. The predicted octanol–water partition coefficient (Wildman–Crippen LogP) is 3.29. The molecule has 4 N–H and O–H groups in total. The van der Waals surface area contributed by atoms with Crippen molar-refractivity contribution in [3.05, 3.63) is 24.3 Å². The van der Waals surface area contributed by atoms with E-state index in [2.05, 4.69) is 6.92 Å². The van der Waals surface area contributed by atoms with Gasteiger partial charge >= 0.3 is 5.97 Å². The number of rotatable bonds is 11. The Kier molecular flexibility index (Phi) is 8.07. The summed E-state index contributed by atoms with van der Waals surface area (Å²) >= 11 is 0. The van der Waals surface area contributed by atoms with Gasteiger partial charge in [-0.2, -0.15) is 0 Å². The number of hydrogen-bond acceptors (Lipinski definition) is 4. The summed E-state index contributed by atoms with van der Waals surface area (Å²) in [6.07, 6.45) is 12.4. The molecule has 2 aliphatic carbocycles. The third kappa shape index (κ3) is 5.90. The van der Waals surface area contributed by atoms with Gasteiger partial charge in [0.05, 0.1) is 23.7 Å². The first-order valence-electron chi connectivity index (χ1n) is 10.4. The van der Waals surface area contributed by atoms with Gasteiger partial charge in [0.25, 0.3) is 0 Å². The Morgan fingerprint density at radius 3 is 2.52 bits per heavy atom. The lowest BCUT2D eigenvalue weighted by atomic mass is 9.89. The highest BCUT2D eigenvalue weighted by Gasteiger charge is 2.55. The number of carboxylic acids is 1. The Morgan fingerprint density at radius 1 is 1.19 bits per heavy atom. The molecular formula is C22H36O5. The van der Waals surface area contributed by atoms with E-state index in [0.29, 0.717) is 12.8 Å². The molecule has 0 aliphatic heterocycles. The lowest BCUT2D eigenvalue weighted by Gasteiger charge is -2.19. The molecule has 0 heterocycles. The zero-order valence-electron chi connectivity index (χ0n) is 16.6. The van der Waals surface area contributed by atoms with E-state index in [1.165, 1.54) is 0 Å². The smallest absolute Gasteiger partial charge is 0.309 e. The fourth-order valence-electron chi connectivity index (χ4n) is 4.23. The molecule has 0 aromatic rings. The van der Waals surface area contributed by atoms with Crippen molar-refractivity contribution in [1.82, 2.24) is 0 Å². The first-order valence-corrected chi connectivity index (χ1v) is 10.4. The molecule has 0 aromatic heterocycles. The van der Waals surface area contributed by atoms with Gasteiger partial charge in [0.15, 0.2) is 0 Å². The Bertz CT molecular complexity index is 543. The highest BCUT2D eigenvalue weighted by molar-refractivity contribution is 5.78. The van der Waals surface area contributed by atoms with Crippen LogP contribution in [0.2, 0.25) is 0 Å². The first-order chi connectivity index (χ1) is 12.8. The molecule has 2 aliphatic rings. The number of carboxylic acid groups (broad SMARTS) is 1. The summed E-state index contributed by atoms with van der Waals surface area (Å²) in [5.41, 5.74) is -0.577. The summed E-state index contributed by atoms with van der Waals surface area (Å²) in [6.45, 7) is 3.92. The van der Waals surface area contributed by atoms with Gasteiger partial charge in [-0.1, -0.05) is 50.5 Å². The second-order valence-corrected chi connectivity index (χ2v) is 8.63. The molecule has 5 nitrogen and oxygen atoms in total. The maximum Gasteiger partial charge on any atom is 0.309 e. The summed E-state index contributed by atoms with van der Waals surface area (Å²) < 4.78 is 0.